The Balaban J connectivity index is 1.37. The lowest BCUT2D eigenvalue weighted by atomic mass is 9.43. The van der Waals surface area contributed by atoms with Crippen molar-refractivity contribution >= 4 is 58.4 Å². The molecule has 6 rings (SSSR count). The van der Waals surface area contributed by atoms with Gasteiger partial charge < -0.3 is 19.5 Å². The Morgan fingerprint density at radius 2 is 1.79 bits per heavy atom. The van der Waals surface area contributed by atoms with Gasteiger partial charge in [0.05, 0.1) is 6.61 Å². The van der Waals surface area contributed by atoms with Crippen molar-refractivity contribution < 1.29 is 33.4 Å². The molecule has 0 aromatic carbocycles. The first-order valence-electron chi connectivity index (χ1n) is 17.1. The fourth-order valence-electron chi connectivity index (χ4n) is 11.9. The van der Waals surface area contributed by atoms with Crippen LogP contribution in [0.4, 0.5) is 0 Å². The number of amides is 1. The smallest absolute Gasteiger partial charge is 0.303 e. The Morgan fingerprint density at radius 1 is 1.09 bits per heavy atom. The first-order valence-corrected chi connectivity index (χ1v) is 18.2. The molecule has 2 spiro atoms. The normalized spacial score (nSPS) is 43.1. The summed E-state index contributed by atoms with van der Waals surface area (Å²) in [4.78, 5) is 50.5. The van der Waals surface area contributed by atoms with Crippen LogP contribution in [0.2, 0.25) is 0 Å². The average molecular weight is 713 g/mol. The Morgan fingerprint density at radius 3 is 2.43 bits per heavy atom. The quantitative estimate of drug-likeness (QED) is 0.226. The number of ether oxygens (including phenoxy) is 3. The molecule has 0 aromatic heterocycles. The Bertz CT molecular complexity index is 1440. The minimum atomic E-state index is -2.12. The van der Waals surface area contributed by atoms with Gasteiger partial charge >= 0.3 is 11.9 Å². The van der Waals surface area contributed by atoms with Crippen molar-refractivity contribution in [3.63, 3.8) is 0 Å². The van der Waals surface area contributed by atoms with Gasteiger partial charge in [-0.2, -0.15) is 0 Å². The minimum absolute atomic E-state index is 0.0480. The van der Waals surface area contributed by atoms with Crippen molar-refractivity contribution in [2.24, 2.45) is 57.2 Å². The van der Waals surface area contributed by atoms with Crippen molar-refractivity contribution in [1.82, 2.24) is 5.32 Å². The highest BCUT2D eigenvalue weighted by atomic mass is 35.6. The molecule has 4 saturated carbocycles. The molecule has 260 valence electrons. The Hall–Kier alpha value is -1.77. The lowest BCUT2D eigenvalue weighted by molar-refractivity contribution is -0.162. The second-order valence-electron chi connectivity index (χ2n) is 16.0. The number of halogens is 3. The highest BCUT2D eigenvalue weighted by Gasteiger charge is 2.81. The number of hydrogen-bond donors (Lipinski definition) is 1. The molecule has 0 radical (unpaired) electrons. The molecule has 11 heteroatoms. The molecule has 0 saturated heterocycles. The molecule has 0 bridgehead atoms. The zero-order valence-electron chi connectivity index (χ0n) is 28.4. The van der Waals surface area contributed by atoms with Gasteiger partial charge in [-0.15, -0.1) is 0 Å². The first-order chi connectivity index (χ1) is 21.8. The van der Waals surface area contributed by atoms with E-state index >= 15 is 0 Å². The highest BCUT2D eigenvalue weighted by Crippen LogP contribution is 2.87. The van der Waals surface area contributed by atoms with Crippen molar-refractivity contribution in [3.8, 4) is 0 Å². The summed E-state index contributed by atoms with van der Waals surface area (Å²) in [5.41, 5.74) is 0.585. The van der Waals surface area contributed by atoms with Crippen LogP contribution < -0.4 is 5.32 Å². The summed E-state index contributed by atoms with van der Waals surface area (Å²) in [6, 6.07) is 0. The van der Waals surface area contributed by atoms with Gasteiger partial charge in [0.1, 0.15) is 11.9 Å². The third-order valence-corrected chi connectivity index (χ3v) is 14.6. The summed E-state index contributed by atoms with van der Waals surface area (Å²) >= 11 is 17.4. The van der Waals surface area contributed by atoms with E-state index in [1.165, 1.54) is 13.8 Å². The van der Waals surface area contributed by atoms with Crippen molar-refractivity contribution in [2.45, 2.75) is 103 Å². The van der Waals surface area contributed by atoms with Crippen LogP contribution in [-0.2, 0) is 33.4 Å². The number of esters is 2. The summed E-state index contributed by atoms with van der Waals surface area (Å²) in [5.74, 6) is -0.454. The van der Waals surface area contributed by atoms with Gasteiger partial charge in [0.25, 0.3) is 9.70 Å². The van der Waals surface area contributed by atoms with E-state index in [1.807, 2.05) is 13.0 Å². The van der Waals surface area contributed by atoms with Crippen LogP contribution in [0.5, 0.6) is 0 Å². The van der Waals surface area contributed by atoms with Crippen molar-refractivity contribution in [1.29, 1.82) is 0 Å². The van der Waals surface area contributed by atoms with E-state index in [0.29, 0.717) is 24.2 Å². The van der Waals surface area contributed by atoms with Crippen LogP contribution in [0, 0.1) is 57.2 Å². The zero-order valence-corrected chi connectivity index (χ0v) is 30.7. The first kappa shape index (κ1) is 35.1. The topological polar surface area (TPSA) is 108 Å². The van der Waals surface area contributed by atoms with E-state index in [2.05, 4.69) is 39.1 Å². The van der Waals surface area contributed by atoms with Gasteiger partial charge in [0, 0.05) is 44.1 Å². The maximum Gasteiger partial charge on any atom is 0.303 e. The lowest BCUT2D eigenvalue weighted by Crippen LogP contribution is -2.55. The van der Waals surface area contributed by atoms with Gasteiger partial charge in [-0.25, -0.2) is 0 Å². The van der Waals surface area contributed by atoms with Crippen LogP contribution in [-0.4, -0.2) is 52.8 Å². The van der Waals surface area contributed by atoms with Gasteiger partial charge in [-0.3, -0.25) is 19.2 Å². The number of nitrogens with one attached hydrogen (secondary N) is 1. The SMILES string of the molecule is CC(=O)O[C@H]1C[C@@]2(C)[C@@H]3CC[C@H]4[C@H](C)C(=O)C=C[C@@]45C[C@@]35CC[C@]2(C)[C@H]1[C@H](C)[C@@H](OC(C)=O)C1=C(CNC(=O)C(Cl)(Cl)Cl)C(C)CO1. The zero-order chi connectivity index (χ0) is 34.5. The summed E-state index contributed by atoms with van der Waals surface area (Å²) in [7, 11) is 0. The second-order valence-corrected chi connectivity index (χ2v) is 18.3. The van der Waals surface area contributed by atoms with Gasteiger partial charge in [0.15, 0.2) is 11.9 Å². The number of fused-ring (bicyclic) bond motifs is 2. The minimum Gasteiger partial charge on any atom is -0.493 e. The number of alkyl halides is 3. The van der Waals surface area contributed by atoms with Crippen molar-refractivity contribution in [2.75, 3.05) is 13.2 Å². The van der Waals surface area contributed by atoms with E-state index in [-0.39, 0.29) is 69.7 Å². The predicted molar refractivity (Wildman–Crippen MR) is 178 cm³/mol. The number of hydrogen-bond acceptors (Lipinski definition) is 7. The molecule has 8 nitrogen and oxygen atoms in total. The second kappa shape index (κ2) is 11.7. The Kier molecular flexibility index (Phi) is 8.69. The van der Waals surface area contributed by atoms with Crippen LogP contribution in [0.25, 0.3) is 0 Å². The molecular formula is C36H48Cl3NO7. The summed E-state index contributed by atoms with van der Waals surface area (Å²) in [6.45, 7) is 14.2. The summed E-state index contributed by atoms with van der Waals surface area (Å²) < 4.78 is 16.4. The molecule has 4 fully saturated rings. The van der Waals surface area contributed by atoms with Crippen LogP contribution in [0.15, 0.2) is 23.5 Å². The third-order valence-electron chi connectivity index (χ3n) is 14.0. The molecule has 1 unspecified atom stereocenters. The molecule has 47 heavy (non-hydrogen) atoms. The van der Waals surface area contributed by atoms with Crippen molar-refractivity contribution in [3.05, 3.63) is 23.5 Å². The summed E-state index contributed by atoms with van der Waals surface area (Å²) in [5, 5.41) is 2.69. The molecule has 1 amide bonds. The summed E-state index contributed by atoms with van der Waals surface area (Å²) in [6.07, 6.45) is 8.85. The molecule has 1 aliphatic heterocycles. The average Bonchev–Trinajstić information content (AvgIpc) is 3.41. The van der Waals surface area contributed by atoms with E-state index in [0.717, 1.165) is 44.1 Å². The lowest BCUT2D eigenvalue weighted by Gasteiger charge is -2.61. The van der Waals surface area contributed by atoms with Gasteiger partial charge in [0.2, 0.25) is 0 Å². The molecule has 5 aliphatic carbocycles. The standard InChI is InChI=1S/C36H48Cl3NO7/c1-18-16-45-30(23(18)15-40-31(44)36(37,38)39)29(47-22(5)42)20(3)28-26(46-21(4)41)14-33(7)27-9-8-24-19(2)25(43)10-11-34(24)17-35(27,34)13-12-32(28,33)6/h10-11,18-20,24,26-29H,8-9,12-17H2,1-7H3,(H,40,44)/t18?,19-,20-,24-,26-,27-,28-,29+,32+,33-,34+,35-/m0/s1. The van der Waals surface area contributed by atoms with Crippen LogP contribution in [0.1, 0.15) is 87.0 Å². The molecule has 1 N–H and O–H groups in total. The largest absolute Gasteiger partial charge is 0.493 e. The molecule has 6 aliphatic rings. The Labute approximate surface area is 293 Å². The number of carbonyl (C=O) groups excluding carboxylic acids is 4. The fraction of sp³-hybridized carbons (Fsp3) is 0.778. The van der Waals surface area contributed by atoms with E-state index in [1.54, 1.807) is 0 Å². The number of ketones is 1. The van der Waals surface area contributed by atoms with Gasteiger partial charge in [-0.05, 0) is 83.7 Å². The maximum atomic E-state index is 12.7. The highest BCUT2D eigenvalue weighted by molar-refractivity contribution is 6.76. The number of allylic oxidation sites excluding steroid dienone is 2. The van der Waals surface area contributed by atoms with Crippen LogP contribution >= 0.6 is 34.8 Å². The van der Waals surface area contributed by atoms with Crippen LogP contribution in [0.3, 0.4) is 0 Å². The molecular weight excluding hydrogens is 665 g/mol. The fourth-order valence-corrected chi connectivity index (χ4v) is 12.1. The predicted octanol–water partition coefficient (Wildman–Crippen LogP) is 6.90. The monoisotopic (exact) mass is 711 g/mol. The maximum absolute atomic E-state index is 12.7. The van der Waals surface area contributed by atoms with E-state index < -0.39 is 21.8 Å². The molecule has 1 heterocycles. The number of carbonyl (C=O) groups is 4. The number of rotatable bonds is 7. The van der Waals surface area contributed by atoms with E-state index in [9.17, 15) is 19.2 Å². The van der Waals surface area contributed by atoms with Gasteiger partial charge in [-0.1, -0.05) is 75.5 Å². The molecule has 0 aromatic rings. The van der Waals surface area contributed by atoms with E-state index in [4.69, 9.17) is 49.0 Å². The third kappa shape index (κ3) is 5.19. The molecule has 12 atom stereocenters.